The Bertz CT molecular complexity index is 851. The molecule has 1 saturated carbocycles. The number of nitrogens with one attached hydrogen (secondary N) is 2. The fraction of sp³-hybridized carbons (Fsp3) is 0.308. The molecule has 0 radical (unpaired) electrons. The molecular weight excluding hydrogens is 357 g/mol. The summed E-state index contributed by atoms with van der Waals surface area (Å²) >= 11 is 0. The van der Waals surface area contributed by atoms with E-state index in [1.165, 1.54) is 6.20 Å². The highest BCUT2D eigenvalue weighted by Gasteiger charge is 2.39. The maximum atomic E-state index is 13.6. The highest BCUT2D eigenvalue weighted by Crippen LogP contribution is 2.36. The van der Waals surface area contributed by atoms with Crippen LogP contribution in [-0.4, -0.2) is 24.4 Å². The molecule has 2 aromatic rings. The van der Waals surface area contributed by atoms with Gasteiger partial charge in [-0.2, -0.15) is 0 Å². The number of nitrogens with zero attached hydrogens (tertiary/aromatic N) is 1. The van der Waals surface area contributed by atoms with Gasteiger partial charge in [0, 0.05) is 24.4 Å². The molecule has 0 unspecified atom stereocenters. The lowest BCUT2D eigenvalue weighted by molar-refractivity contribution is 0.313. The minimum absolute atomic E-state index is 0.0796. The van der Waals surface area contributed by atoms with Gasteiger partial charge >= 0.3 is 0 Å². The Kier molecular flexibility index (Phi) is 4.08. The monoisotopic (exact) mass is 367 g/mol. The van der Waals surface area contributed by atoms with Crippen LogP contribution >= 0.6 is 0 Å². The van der Waals surface area contributed by atoms with Crippen LogP contribution in [0.1, 0.15) is 24.6 Å². The lowest BCUT2D eigenvalue weighted by Crippen LogP contribution is -2.44. The first-order valence-corrected chi connectivity index (χ1v) is 8.23. The van der Waals surface area contributed by atoms with Crippen molar-refractivity contribution < 1.29 is 30.4 Å². The summed E-state index contributed by atoms with van der Waals surface area (Å²) in [6.45, 7) is 0. The molecule has 2 N–H and O–H groups in total. The van der Waals surface area contributed by atoms with E-state index in [4.69, 9.17) is 0 Å². The van der Waals surface area contributed by atoms with Crippen LogP contribution in [0.25, 0.3) is 0 Å². The van der Waals surface area contributed by atoms with Crippen molar-refractivity contribution in [1.29, 1.82) is 0 Å². The molecule has 1 heterocycles. The van der Waals surface area contributed by atoms with Gasteiger partial charge in [-0.05, 0) is 12.8 Å². The Hall–Kier alpha value is -2.01. The SMILES string of the molecule is O=S(=O)(NC1CC(c2ncc[nH]2)C1)c1c(F)c(F)c(F)c(F)c1F. The maximum Gasteiger partial charge on any atom is 0.246 e. The van der Waals surface area contributed by atoms with Crippen LogP contribution in [0.5, 0.6) is 0 Å². The zero-order chi connectivity index (χ0) is 17.6. The summed E-state index contributed by atoms with van der Waals surface area (Å²) < 4.78 is 92.5. The number of hydrogen-bond donors (Lipinski definition) is 2. The van der Waals surface area contributed by atoms with E-state index in [-0.39, 0.29) is 18.8 Å². The van der Waals surface area contributed by atoms with Crippen molar-refractivity contribution in [2.45, 2.75) is 29.7 Å². The minimum atomic E-state index is -4.91. The second kappa shape index (κ2) is 5.81. The van der Waals surface area contributed by atoms with E-state index >= 15 is 0 Å². The Morgan fingerprint density at radius 3 is 2.04 bits per heavy atom. The highest BCUT2D eigenvalue weighted by atomic mass is 32.2. The molecule has 0 amide bonds. The second-order valence-corrected chi connectivity index (χ2v) is 7.01. The van der Waals surface area contributed by atoms with Crippen molar-refractivity contribution in [2.24, 2.45) is 0 Å². The quantitative estimate of drug-likeness (QED) is 0.495. The van der Waals surface area contributed by atoms with Crippen LogP contribution in [0.2, 0.25) is 0 Å². The van der Waals surface area contributed by atoms with E-state index in [9.17, 15) is 30.4 Å². The third-order valence-corrected chi connectivity index (χ3v) is 5.34. The van der Waals surface area contributed by atoms with Crippen LogP contribution < -0.4 is 4.72 Å². The van der Waals surface area contributed by atoms with Crippen molar-refractivity contribution in [3.05, 3.63) is 47.3 Å². The van der Waals surface area contributed by atoms with Gasteiger partial charge in [-0.15, -0.1) is 0 Å². The normalized spacial score (nSPS) is 20.9. The number of hydrogen-bond acceptors (Lipinski definition) is 3. The average molecular weight is 367 g/mol. The molecule has 24 heavy (non-hydrogen) atoms. The molecule has 1 fully saturated rings. The molecule has 1 aliphatic carbocycles. The van der Waals surface area contributed by atoms with Gasteiger partial charge in [0.2, 0.25) is 15.8 Å². The topological polar surface area (TPSA) is 74.8 Å². The molecule has 1 aliphatic rings. The zero-order valence-corrected chi connectivity index (χ0v) is 12.6. The number of sulfonamides is 1. The van der Waals surface area contributed by atoms with Crippen LogP contribution in [0.4, 0.5) is 22.0 Å². The maximum absolute atomic E-state index is 13.6. The summed E-state index contributed by atoms with van der Waals surface area (Å²) in [7, 11) is -4.91. The molecule has 11 heteroatoms. The molecule has 0 atom stereocenters. The molecule has 130 valence electrons. The number of H-pyrrole nitrogens is 1. The van der Waals surface area contributed by atoms with Gasteiger partial charge < -0.3 is 4.98 Å². The van der Waals surface area contributed by atoms with Gasteiger partial charge in [-0.1, -0.05) is 0 Å². The Labute approximate surface area is 133 Å². The molecule has 5 nitrogen and oxygen atoms in total. The number of halogens is 5. The van der Waals surface area contributed by atoms with E-state index in [1.807, 2.05) is 4.72 Å². The number of rotatable bonds is 4. The summed E-state index contributed by atoms with van der Waals surface area (Å²) in [5, 5.41) is 0. The van der Waals surface area contributed by atoms with Crippen molar-refractivity contribution in [1.82, 2.24) is 14.7 Å². The number of aromatic amines is 1. The fourth-order valence-corrected chi connectivity index (χ4v) is 3.94. The van der Waals surface area contributed by atoms with Crippen molar-refractivity contribution >= 4 is 10.0 Å². The molecule has 0 saturated heterocycles. The van der Waals surface area contributed by atoms with Crippen molar-refractivity contribution in [3.63, 3.8) is 0 Å². The van der Waals surface area contributed by atoms with Crippen LogP contribution in [-0.2, 0) is 10.0 Å². The predicted octanol–water partition coefficient (Wildman–Crippen LogP) is 2.33. The first kappa shape index (κ1) is 16.8. The minimum Gasteiger partial charge on any atom is -0.348 e. The van der Waals surface area contributed by atoms with Crippen LogP contribution in [0.3, 0.4) is 0 Å². The van der Waals surface area contributed by atoms with E-state index in [0.29, 0.717) is 5.82 Å². The standard InChI is InChI=1S/C13H10F5N3O2S/c14-7-8(15)10(17)12(11(18)9(7)16)24(22,23)21-6-3-5(4-6)13-19-1-2-20-13/h1-2,5-6,21H,3-4H2,(H,19,20). The van der Waals surface area contributed by atoms with E-state index in [2.05, 4.69) is 9.97 Å². The summed E-state index contributed by atoms with van der Waals surface area (Å²) in [5.74, 6) is -11.3. The Morgan fingerprint density at radius 1 is 1.00 bits per heavy atom. The van der Waals surface area contributed by atoms with Gasteiger partial charge in [0.05, 0.1) is 0 Å². The number of benzene rings is 1. The van der Waals surface area contributed by atoms with Crippen LogP contribution in [0, 0.1) is 29.1 Å². The van der Waals surface area contributed by atoms with Gasteiger partial charge in [-0.25, -0.2) is 40.1 Å². The van der Waals surface area contributed by atoms with E-state index in [1.54, 1.807) is 6.20 Å². The third kappa shape index (κ3) is 2.67. The summed E-state index contributed by atoms with van der Waals surface area (Å²) in [4.78, 5) is 4.96. The first-order chi connectivity index (χ1) is 11.2. The lowest BCUT2D eigenvalue weighted by atomic mass is 9.80. The first-order valence-electron chi connectivity index (χ1n) is 6.75. The Balaban J connectivity index is 1.83. The predicted molar refractivity (Wildman–Crippen MR) is 70.9 cm³/mol. The molecule has 0 aliphatic heterocycles. The largest absolute Gasteiger partial charge is 0.348 e. The number of aromatic nitrogens is 2. The van der Waals surface area contributed by atoms with Gasteiger partial charge in [-0.3, -0.25) is 0 Å². The molecule has 0 spiro atoms. The molecule has 3 rings (SSSR count). The van der Waals surface area contributed by atoms with E-state index < -0.39 is 50.0 Å². The molecule has 1 aromatic heterocycles. The average Bonchev–Trinajstić information content (AvgIpc) is 3.00. The number of imidazole rings is 1. The molecule has 1 aromatic carbocycles. The third-order valence-electron chi connectivity index (χ3n) is 3.80. The van der Waals surface area contributed by atoms with Crippen molar-refractivity contribution in [3.8, 4) is 0 Å². The molecular formula is C13H10F5N3O2S. The smallest absolute Gasteiger partial charge is 0.246 e. The van der Waals surface area contributed by atoms with E-state index in [0.717, 1.165) is 0 Å². The molecule has 0 bridgehead atoms. The second-order valence-electron chi connectivity index (χ2n) is 5.36. The Morgan fingerprint density at radius 2 is 1.54 bits per heavy atom. The van der Waals surface area contributed by atoms with Gasteiger partial charge in [0.25, 0.3) is 0 Å². The van der Waals surface area contributed by atoms with Crippen LogP contribution in [0.15, 0.2) is 17.3 Å². The highest BCUT2D eigenvalue weighted by molar-refractivity contribution is 7.89. The summed E-state index contributed by atoms with van der Waals surface area (Å²) in [5.41, 5.74) is 0. The lowest BCUT2D eigenvalue weighted by Gasteiger charge is -2.34. The zero-order valence-electron chi connectivity index (χ0n) is 11.8. The summed E-state index contributed by atoms with van der Waals surface area (Å²) in [6.07, 6.45) is 3.66. The van der Waals surface area contributed by atoms with Gasteiger partial charge in [0.15, 0.2) is 28.2 Å². The summed E-state index contributed by atoms with van der Waals surface area (Å²) in [6, 6.07) is -0.694. The van der Waals surface area contributed by atoms with Gasteiger partial charge in [0.1, 0.15) is 5.82 Å². The fourth-order valence-electron chi connectivity index (χ4n) is 2.54. The van der Waals surface area contributed by atoms with Crippen molar-refractivity contribution in [2.75, 3.05) is 0 Å².